The van der Waals surface area contributed by atoms with Crippen LogP contribution in [0.25, 0.3) is 0 Å². The molecule has 0 aromatic heterocycles. The fourth-order valence-electron chi connectivity index (χ4n) is 1.04. The number of alkyl halides is 1. The summed E-state index contributed by atoms with van der Waals surface area (Å²) in [5.41, 5.74) is 0. The highest BCUT2D eigenvalue weighted by Crippen LogP contribution is 2.19. The zero-order chi connectivity index (χ0) is 7.40. The van der Waals surface area contributed by atoms with E-state index in [2.05, 4.69) is 0 Å². The van der Waals surface area contributed by atoms with Crippen LogP contribution in [0.1, 0.15) is 19.8 Å². The molecule has 1 heterocycles. The molecule has 0 N–H and O–H groups in total. The van der Waals surface area contributed by atoms with E-state index in [9.17, 15) is 0 Å². The summed E-state index contributed by atoms with van der Waals surface area (Å²) in [6, 6.07) is 0. The Morgan fingerprint density at radius 2 is 2.50 bits per heavy atom. The third-order valence-electron chi connectivity index (χ3n) is 1.53. The number of hydrogen-bond donors (Lipinski definition) is 0. The molecule has 0 aromatic carbocycles. The van der Waals surface area contributed by atoms with Crippen molar-refractivity contribution in [3.8, 4) is 0 Å². The molecule has 2 atom stereocenters. The molecule has 0 spiro atoms. The monoisotopic (exact) mass is 164 g/mol. The van der Waals surface area contributed by atoms with E-state index >= 15 is 0 Å². The predicted octanol–water partition coefficient (Wildman–Crippen LogP) is 1.77. The molecule has 0 bridgehead atoms. The molecule has 1 rings (SSSR count). The van der Waals surface area contributed by atoms with Crippen LogP contribution >= 0.6 is 11.6 Å². The van der Waals surface area contributed by atoms with Crippen molar-refractivity contribution < 1.29 is 9.47 Å². The first kappa shape index (κ1) is 8.31. The number of ether oxygens (including phenoxy) is 2. The van der Waals surface area contributed by atoms with Crippen LogP contribution in [-0.4, -0.2) is 24.9 Å². The molecular formula is C7H13ClO2. The van der Waals surface area contributed by atoms with E-state index in [4.69, 9.17) is 21.1 Å². The second-order valence-electron chi connectivity index (χ2n) is 2.35. The van der Waals surface area contributed by atoms with E-state index in [0.717, 1.165) is 19.4 Å². The summed E-state index contributed by atoms with van der Waals surface area (Å²) >= 11 is 5.91. The minimum absolute atomic E-state index is 0.0497. The van der Waals surface area contributed by atoms with Crippen molar-refractivity contribution in [2.24, 2.45) is 0 Å². The Balaban J connectivity index is 2.25. The quantitative estimate of drug-likeness (QED) is 0.580. The molecule has 0 saturated carbocycles. The maximum absolute atomic E-state index is 5.91. The molecule has 0 aliphatic carbocycles. The van der Waals surface area contributed by atoms with Gasteiger partial charge < -0.3 is 9.47 Å². The van der Waals surface area contributed by atoms with Gasteiger partial charge in [0.1, 0.15) is 0 Å². The van der Waals surface area contributed by atoms with Crippen LogP contribution in [0.3, 0.4) is 0 Å². The average molecular weight is 165 g/mol. The largest absolute Gasteiger partial charge is 0.351 e. The van der Waals surface area contributed by atoms with Crippen molar-refractivity contribution >= 4 is 11.6 Å². The van der Waals surface area contributed by atoms with Crippen LogP contribution < -0.4 is 0 Å². The Kier molecular flexibility index (Phi) is 3.46. The maximum atomic E-state index is 5.91. The fourth-order valence-corrected chi connectivity index (χ4v) is 1.33. The highest BCUT2D eigenvalue weighted by atomic mass is 35.5. The average Bonchev–Trinajstić information content (AvgIpc) is 1.94. The van der Waals surface area contributed by atoms with E-state index in [1.54, 1.807) is 0 Å². The highest BCUT2D eigenvalue weighted by Gasteiger charge is 2.23. The zero-order valence-electron chi connectivity index (χ0n) is 6.18. The van der Waals surface area contributed by atoms with Crippen molar-refractivity contribution in [2.45, 2.75) is 31.4 Å². The second kappa shape index (κ2) is 4.16. The lowest BCUT2D eigenvalue weighted by Gasteiger charge is -2.26. The third kappa shape index (κ3) is 2.11. The lowest BCUT2D eigenvalue weighted by Crippen LogP contribution is -2.32. The van der Waals surface area contributed by atoms with Gasteiger partial charge in [0.2, 0.25) is 0 Å². The van der Waals surface area contributed by atoms with Gasteiger partial charge in [-0.3, -0.25) is 0 Å². The molecule has 2 nitrogen and oxygen atoms in total. The van der Waals surface area contributed by atoms with Gasteiger partial charge in [0, 0.05) is 13.2 Å². The fraction of sp³-hybridized carbons (Fsp3) is 1.00. The highest BCUT2D eigenvalue weighted by molar-refractivity contribution is 6.20. The van der Waals surface area contributed by atoms with Crippen molar-refractivity contribution in [3.63, 3.8) is 0 Å². The summed E-state index contributed by atoms with van der Waals surface area (Å²) in [6.45, 7) is 3.41. The molecular weight excluding hydrogens is 152 g/mol. The van der Waals surface area contributed by atoms with Gasteiger partial charge in [-0.25, -0.2) is 0 Å². The summed E-state index contributed by atoms with van der Waals surface area (Å²) in [7, 11) is 0. The van der Waals surface area contributed by atoms with Gasteiger partial charge in [0.25, 0.3) is 0 Å². The molecule has 1 aliphatic heterocycles. The van der Waals surface area contributed by atoms with Gasteiger partial charge in [-0.05, 0) is 19.8 Å². The van der Waals surface area contributed by atoms with Crippen LogP contribution in [0, 0.1) is 0 Å². The van der Waals surface area contributed by atoms with Crippen LogP contribution in [0.2, 0.25) is 0 Å². The van der Waals surface area contributed by atoms with Crippen LogP contribution in [-0.2, 0) is 9.47 Å². The van der Waals surface area contributed by atoms with Crippen molar-refractivity contribution in [2.75, 3.05) is 13.2 Å². The zero-order valence-corrected chi connectivity index (χ0v) is 6.93. The number of hydrogen-bond acceptors (Lipinski definition) is 2. The first-order valence-electron chi connectivity index (χ1n) is 3.72. The molecule has 3 heteroatoms. The molecule has 1 fully saturated rings. The molecule has 1 saturated heterocycles. The first-order chi connectivity index (χ1) is 4.84. The van der Waals surface area contributed by atoms with Crippen molar-refractivity contribution in [3.05, 3.63) is 0 Å². The first-order valence-corrected chi connectivity index (χ1v) is 4.15. The lowest BCUT2D eigenvalue weighted by molar-refractivity contribution is -0.156. The van der Waals surface area contributed by atoms with Gasteiger partial charge in [-0.2, -0.15) is 0 Å². The standard InChI is InChI=1S/C7H13ClO2/c1-2-9-7-6(8)4-3-5-10-7/h6-7H,2-5H2,1H3. The smallest absolute Gasteiger partial charge is 0.173 e. The summed E-state index contributed by atoms with van der Waals surface area (Å²) in [4.78, 5) is 0. The Morgan fingerprint density at radius 3 is 3.10 bits per heavy atom. The number of halogens is 1. The van der Waals surface area contributed by atoms with Crippen LogP contribution in [0.4, 0.5) is 0 Å². The van der Waals surface area contributed by atoms with Crippen molar-refractivity contribution in [1.82, 2.24) is 0 Å². The van der Waals surface area contributed by atoms with Gasteiger partial charge >= 0.3 is 0 Å². The summed E-state index contributed by atoms with van der Waals surface area (Å²) in [6.07, 6.45) is 1.89. The Morgan fingerprint density at radius 1 is 1.70 bits per heavy atom. The van der Waals surface area contributed by atoms with Crippen molar-refractivity contribution in [1.29, 1.82) is 0 Å². The molecule has 0 amide bonds. The van der Waals surface area contributed by atoms with Gasteiger partial charge in [-0.1, -0.05) is 0 Å². The van der Waals surface area contributed by atoms with E-state index < -0.39 is 0 Å². The van der Waals surface area contributed by atoms with Gasteiger partial charge in [-0.15, -0.1) is 11.6 Å². The van der Waals surface area contributed by atoms with E-state index in [0.29, 0.717) is 6.61 Å². The Labute approximate surface area is 66.5 Å². The Bertz CT molecular complexity index is 95.6. The molecule has 2 unspecified atom stereocenters. The molecule has 60 valence electrons. The minimum Gasteiger partial charge on any atom is -0.351 e. The summed E-state index contributed by atoms with van der Waals surface area (Å²) in [5.74, 6) is 0. The molecule has 0 aromatic rings. The molecule has 0 radical (unpaired) electrons. The molecule has 1 aliphatic rings. The number of rotatable bonds is 2. The third-order valence-corrected chi connectivity index (χ3v) is 1.96. The predicted molar refractivity (Wildman–Crippen MR) is 40.2 cm³/mol. The minimum atomic E-state index is -0.166. The Hall–Kier alpha value is 0.210. The lowest BCUT2D eigenvalue weighted by atomic mass is 10.2. The van der Waals surface area contributed by atoms with Gasteiger partial charge in [0.05, 0.1) is 5.38 Å². The van der Waals surface area contributed by atoms with Crippen LogP contribution in [0.5, 0.6) is 0 Å². The summed E-state index contributed by atoms with van der Waals surface area (Å²) < 4.78 is 10.5. The van der Waals surface area contributed by atoms with Gasteiger partial charge in [0.15, 0.2) is 6.29 Å². The normalized spacial score (nSPS) is 34.2. The molecule has 10 heavy (non-hydrogen) atoms. The second-order valence-corrected chi connectivity index (χ2v) is 2.91. The van der Waals surface area contributed by atoms with E-state index in [-0.39, 0.29) is 11.7 Å². The van der Waals surface area contributed by atoms with E-state index in [1.165, 1.54) is 0 Å². The topological polar surface area (TPSA) is 18.5 Å². The SMILES string of the molecule is CCOC1OCCCC1Cl. The summed E-state index contributed by atoms with van der Waals surface area (Å²) in [5, 5.41) is 0.0497. The van der Waals surface area contributed by atoms with E-state index in [1.807, 2.05) is 6.92 Å². The maximum Gasteiger partial charge on any atom is 0.173 e. The van der Waals surface area contributed by atoms with Crippen LogP contribution in [0.15, 0.2) is 0 Å².